The van der Waals surface area contributed by atoms with Gasteiger partial charge in [0.2, 0.25) is 5.91 Å². The SMILES string of the molecule is CC(C)(NC(=O)CC(C)(NC(=O)OCC1c2ccccc2-c2ccccc21)C1CC1)C(=O)O. The molecule has 2 aromatic rings. The molecule has 0 heterocycles. The van der Waals surface area contributed by atoms with Gasteiger partial charge >= 0.3 is 12.1 Å². The number of carboxylic acids is 1. The monoisotopic (exact) mass is 450 g/mol. The fourth-order valence-corrected chi connectivity index (χ4v) is 4.66. The number of nitrogens with one attached hydrogen (secondary N) is 2. The Balaban J connectivity index is 1.41. The van der Waals surface area contributed by atoms with Crippen LogP contribution in [-0.2, 0) is 14.3 Å². The van der Waals surface area contributed by atoms with Gasteiger partial charge in [-0.1, -0.05) is 48.5 Å². The summed E-state index contributed by atoms with van der Waals surface area (Å²) in [6.07, 6.45) is 1.21. The van der Waals surface area contributed by atoms with Gasteiger partial charge in [-0.05, 0) is 61.8 Å². The van der Waals surface area contributed by atoms with Crippen molar-refractivity contribution < 1.29 is 24.2 Å². The number of amides is 2. The van der Waals surface area contributed by atoms with Crippen LogP contribution >= 0.6 is 0 Å². The van der Waals surface area contributed by atoms with Crippen molar-refractivity contribution in [1.29, 1.82) is 0 Å². The van der Waals surface area contributed by atoms with Gasteiger partial charge in [-0.3, -0.25) is 4.79 Å². The molecule has 0 aliphatic heterocycles. The van der Waals surface area contributed by atoms with Crippen molar-refractivity contribution in [3.05, 3.63) is 59.7 Å². The van der Waals surface area contributed by atoms with Crippen molar-refractivity contribution in [1.82, 2.24) is 10.6 Å². The molecule has 3 N–H and O–H groups in total. The van der Waals surface area contributed by atoms with Gasteiger partial charge in [0, 0.05) is 12.3 Å². The smallest absolute Gasteiger partial charge is 0.407 e. The molecule has 33 heavy (non-hydrogen) atoms. The zero-order valence-electron chi connectivity index (χ0n) is 19.2. The van der Waals surface area contributed by atoms with E-state index in [1.54, 1.807) is 0 Å². The van der Waals surface area contributed by atoms with Crippen molar-refractivity contribution in [3.8, 4) is 11.1 Å². The molecule has 2 aromatic carbocycles. The highest BCUT2D eigenvalue weighted by molar-refractivity contribution is 5.87. The summed E-state index contributed by atoms with van der Waals surface area (Å²) in [7, 11) is 0. The summed E-state index contributed by atoms with van der Waals surface area (Å²) in [4.78, 5) is 36.7. The first-order valence-corrected chi connectivity index (χ1v) is 11.3. The molecule has 2 aliphatic rings. The normalized spacial score (nSPS) is 16.8. The summed E-state index contributed by atoms with van der Waals surface area (Å²) in [6, 6.07) is 16.3. The van der Waals surface area contributed by atoms with Crippen LogP contribution in [0.15, 0.2) is 48.5 Å². The number of alkyl carbamates (subject to hydrolysis) is 1. The molecule has 0 saturated heterocycles. The van der Waals surface area contributed by atoms with E-state index in [1.165, 1.54) is 13.8 Å². The first-order chi connectivity index (χ1) is 15.6. The second-order valence-electron chi connectivity index (χ2n) is 9.80. The van der Waals surface area contributed by atoms with E-state index in [1.807, 2.05) is 31.2 Å². The molecule has 0 aromatic heterocycles. The Morgan fingerprint density at radius 3 is 2.00 bits per heavy atom. The minimum absolute atomic E-state index is 0.0153. The topological polar surface area (TPSA) is 105 Å². The molecule has 0 bridgehead atoms. The van der Waals surface area contributed by atoms with Crippen LogP contribution in [0.5, 0.6) is 0 Å². The molecule has 0 radical (unpaired) electrons. The number of carboxylic acid groups (broad SMARTS) is 1. The zero-order chi connectivity index (χ0) is 23.8. The molecule has 2 aliphatic carbocycles. The molecule has 1 unspecified atom stereocenters. The summed E-state index contributed by atoms with van der Waals surface area (Å²) in [5, 5.41) is 14.7. The highest BCUT2D eigenvalue weighted by atomic mass is 16.5. The van der Waals surface area contributed by atoms with Crippen molar-refractivity contribution in [2.45, 2.75) is 57.0 Å². The van der Waals surface area contributed by atoms with Gasteiger partial charge in [-0.25, -0.2) is 9.59 Å². The average Bonchev–Trinajstić information content (AvgIpc) is 3.56. The summed E-state index contributed by atoms with van der Waals surface area (Å²) in [5.74, 6) is -1.43. The molecule has 1 saturated carbocycles. The maximum Gasteiger partial charge on any atom is 0.407 e. The molecule has 4 rings (SSSR count). The third kappa shape index (κ3) is 4.72. The number of benzene rings is 2. The second-order valence-corrected chi connectivity index (χ2v) is 9.80. The third-order valence-electron chi connectivity index (χ3n) is 6.72. The van der Waals surface area contributed by atoms with Crippen molar-refractivity contribution in [2.24, 2.45) is 5.92 Å². The van der Waals surface area contributed by atoms with Crippen LogP contribution in [0.1, 0.15) is 57.1 Å². The molecule has 1 atom stereocenters. The molecule has 174 valence electrons. The van der Waals surface area contributed by atoms with Crippen molar-refractivity contribution in [3.63, 3.8) is 0 Å². The highest BCUT2D eigenvalue weighted by Gasteiger charge is 2.45. The maximum atomic E-state index is 12.8. The van der Waals surface area contributed by atoms with Crippen LogP contribution in [0.4, 0.5) is 4.79 Å². The lowest BCUT2D eigenvalue weighted by Gasteiger charge is -2.32. The molecular weight excluding hydrogens is 420 g/mol. The predicted molar refractivity (Wildman–Crippen MR) is 124 cm³/mol. The van der Waals surface area contributed by atoms with Gasteiger partial charge in [0.15, 0.2) is 0 Å². The fourth-order valence-electron chi connectivity index (χ4n) is 4.66. The number of aliphatic carboxylic acids is 1. The number of rotatable bonds is 8. The summed E-state index contributed by atoms with van der Waals surface area (Å²) >= 11 is 0. The Labute approximate surface area is 193 Å². The van der Waals surface area contributed by atoms with E-state index < -0.39 is 29.0 Å². The lowest BCUT2D eigenvalue weighted by atomic mass is 9.90. The van der Waals surface area contributed by atoms with Crippen LogP contribution in [0.2, 0.25) is 0 Å². The average molecular weight is 451 g/mol. The zero-order valence-corrected chi connectivity index (χ0v) is 19.2. The van der Waals surface area contributed by atoms with Gasteiger partial charge in [0.25, 0.3) is 0 Å². The molecule has 2 amide bonds. The van der Waals surface area contributed by atoms with Gasteiger partial charge in [-0.15, -0.1) is 0 Å². The van der Waals surface area contributed by atoms with E-state index in [2.05, 4.69) is 34.9 Å². The van der Waals surface area contributed by atoms with Crippen molar-refractivity contribution >= 4 is 18.0 Å². The Kier molecular flexibility index (Phi) is 5.91. The Morgan fingerprint density at radius 2 is 1.48 bits per heavy atom. The van der Waals surface area contributed by atoms with E-state index in [0.717, 1.165) is 35.1 Å². The lowest BCUT2D eigenvalue weighted by molar-refractivity contribution is -0.146. The van der Waals surface area contributed by atoms with Crippen LogP contribution in [-0.4, -0.2) is 40.8 Å². The molecular formula is C26H30N2O5. The number of ether oxygens (including phenoxy) is 1. The van der Waals surface area contributed by atoms with E-state index in [-0.39, 0.29) is 24.9 Å². The minimum Gasteiger partial charge on any atom is -0.480 e. The van der Waals surface area contributed by atoms with Crippen molar-refractivity contribution in [2.75, 3.05) is 6.61 Å². The fraction of sp³-hybridized carbons (Fsp3) is 0.423. The molecule has 0 spiro atoms. The lowest BCUT2D eigenvalue weighted by Crippen LogP contribution is -2.55. The summed E-state index contributed by atoms with van der Waals surface area (Å²) in [5.41, 5.74) is 2.38. The van der Waals surface area contributed by atoms with E-state index in [0.29, 0.717) is 0 Å². The van der Waals surface area contributed by atoms with Gasteiger partial charge in [0.1, 0.15) is 12.1 Å². The van der Waals surface area contributed by atoms with Crippen LogP contribution < -0.4 is 10.6 Å². The second kappa shape index (κ2) is 8.54. The molecule has 1 fully saturated rings. The van der Waals surface area contributed by atoms with Gasteiger partial charge in [-0.2, -0.15) is 0 Å². The number of hydrogen-bond donors (Lipinski definition) is 3. The molecule has 7 nitrogen and oxygen atoms in total. The van der Waals surface area contributed by atoms with E-state index in [9.17, 15) is 19.5 Å². The predicted octanol–water partition coefficient (Wildman–Crippen LogP) is 4.06. The van der Waals surface area contributed by atoms with E-state index >= 15 is 0 Å². The summed E-state index contributed by atoms with van der Waals surface area (Å²) < 4.78 is 5.66. The number of fused-ring (bicyclic) bond motifs is 3. The van der Waals surface area contributed by atoms with Crippen LogP contribution in [0, 0.1) is 5.92 Å². The Morgan fingerprint density at radius 1 is 0.939 bits per heavy atom. The van der Waals surface area contributed by atoms with Gasteiger partial charge in [0.05, 0.1) is 5.54 Å². The Bertz CT molecular complexity index is 1050. The quantitative estimate of drug-likeness (QED) is 0.563. The summed E-state index contributed by atoms with van der Waals surface area (Å²) in [6.45, 7) is 4.87. The number of hydrogen-bond acceptors (Lipinski definition) is 4. The van der Waals surface area contributed by atoms with Gasteiger partial charge < -0.3 is 20.5 Å². The minimum atomic E-state index is -1.38. The Hall–Kier alpha value is -3.35. The standard InChI is InChI=1S/C26H30N2O5/c1-25(2,23(30)31)27-22(29)14-26(3,16-12-13-16)28-24(32)33-15-21-19-10-6-4-8-17(19)18-9-5-7-11-20(18)21/h4-11,16,21H,12-15H2,1-3H3,(H,27,29)(H,28,32)(H,30,31). The molecule has 7 heteroatoms. The third-order valence-corrected chi connectivity index (χ3v) is 6.72. The maximum absolute atomic E-state index is 12.8. The number of carbonyl (C=O) groups excluding carboxylic acids is 2. The first-order valence-electron chi connectivity index (χ1n) is 11.3. The van der Waals surface area contributed by atoms with Crippen LogP contribution in [0.3, 0.4) is 0 Å². The highest BCUT2D eigenvalue weighted by Crippen LogP contribution is 2.45. The number of carbonyl (C=O) groups is 3. The first kappa shape index (κ1) is 22.8. The largest absolute Gasteiger partial charge is 0.480 e. The van der Waals surface area contributed by atoms with E-state index in [4.69, 9.17) is 4.74 Å². The van der Waals surface area contributed by atoms with Crippen LogP contribution in [0.25, 0.3) is 11.1 Å².